The zero-order chi connectivity index (χ0) is 21.1. The number of nitrogens with zero attached hydrogens (tertiary/aromatic N) is 2. The first-order valence-corrected chi connectivity index (χ1v) is 9.40. The van der Waals surface area contributed by atoms with Gasteiger partial charge in [0, 0.05) is 29.1 Å². The quantitative estimate of drug-likeness (QED) is 0.472. The number of hydrogen-bond acceptors (Lipinski definition) is 5. The van der Waals surface area contributed by atoms with E-state index < -0.39 is 6.10 Å². The van der Waals surface area contributed by atoms with Crippen LogP contribution in [0.4, 0.5) is 10.2 Å². The molecule has 6 nitrogen and oxygen atoms in total. The number of H-pyrrole nitrogens is 1. The Bertz CT molecular complexity index is 1140. The third-order valence-electron chi connectivity index (χ3n) is 4.87. The van der Waals surface area contributed by atoms with Gasteiger partial charge in [-0.25, -0.2) is 9.37 Å². The van der Waals surface area contributed by atoms with E-state index >= 15 is 0 Å². The zero-order valence-electron chi connectivity index (χ0n) is 16.6. The largest absolute Gasteiger partial charge is 0.497 e. The van der Waals surface area contributed by atoms with Gasteiger partial charge in [-0.05, 0) is 48.4 Å². The summed E-state index contributed by atoms with van der Waals surface area (Å²) in [5.41, 5.74) is 10.2. The van der Waals surface area contributed by atoms with Crippen LogP contribution in [0.2, 0.25) is 0 Å². The highest BCUT2D eigenvalue weighted by Gasteiger charge is 2.17. The van der Waals surface area contributed by atoms with Gasteiger partial charge < -0.3 is 15.2 Å². The van der Waals surface area contributed by atoms with Crippen LogP contribution in [0.25, 0.3) is 22.3 Å². The number of nitrogens with one attached hydrogen (secondary N) is 1. The first-order valence-electron chi connectivity index (χ1n) is 9.40. The molecule has 0 aliphatic rings. The van der Waals surface area contributed by atoms with Crippen molar-refractivity contribution in [2.45, 2.75) is 13.0 Å². The summed E-state index contributed by atoms with van der Waals surface area (Å²) < 4.78 is 25.4. The zero-order valence-corrected chi connectivity index (χ0v) is 16.6. The van der Waals surface area contributed by atoms with Crippen LogP contribution in [0.3, 0.4) is 0 Å². The Hall–Kier alpha value is -3.87. The van der Waals surface area contributed by atoms with Crippen molar-refractivity contribution in [2.24, 2.45) is 0 Å². The predicted molar refractivity (Wildman–Crippen MR) is 114 cm³/mol. The Morgan fingerprint density at radius 2 is 1.80 bits per heavy atom. The Kier molecular flexibility index (Phi) is 5.34. The number of aromatic nitrogens is 3. The monoisotopic (exact) mass is 404 g/mol. The minimum Gasteiger partial charge on any atom is -0.497 e. The van der Waals surface area contributed by atoms with Crippen LogP contribution in [-0.4, -0.2) is 22.3 Å². The molecule has 30 heavy (non-hydrogen) atoms. The number of nitrogen functional groups attached to an aromatic ring is 1. The minimum atomic E-state index is -0.397. The average molecular weight is 404 g/mol. The standard InChI is InChI=1S/C23H21FN4O2/c1-14(30-22-9-16(11-26-23(22)25)17-12-27-28-13-17)20-8-5-18(24)10-21(20)15-3-6-19(29-2)7-4-15/h3-14H,1-2H3,(H2,25,26)(H,27,28)/t14-/m1/s1. The molecule has 0 aliphatic carbocycles. The molecule has 0 saturated heterocycles. The van der Waals surface area contributed by atoms with Crippen molar-refractivity contribution in [1.82, 2.24) is 15.2 Å². The van der Waals surface area contributed by atoms with Crippen molar-refractivity contribution < 1.29 is 13.9 Å². The maximum atomic E-state index is 14.0. The number of halogens is 1. The summed E-state index contributed by atoms with van der Waals surface area (Å²) in [4.78, 5) is 4.23. The van der Waals surface area contributed by atoms with Gasteiger partial charge in [-0.1, -0.05) is 18.2 Å². The van der Waals surface area contributed by atoms with Crippen LogP contribution in [0.5, 0.6) is 11.5 Å². The van der Waals surface area contributed by atoms with Crippen LogP contribution >= 0.6 is 0 Å². The van der Waals surface area contributed by atoms with Crippen molar-refractivity contribution >= 4 is 5.82 Å². The lowest BCUT2D eigenvalue weighted by molar-refractivity contribution is 0.228. The Balaban J connectivity index is 1.67. The number of nitrogens with two attached hydrogens (primary N) is 1. The molecule has 0 saturated carbocycles. The van der Waals surface area contributed by atoms with E-state index in [0.717, 1.165) is 33.6 Å². The number of pyridine rings is 1. The number of ether oxygens (including phenoxy) is 2. The predicted octanol–water partition coefficient (Wildman–Crippen LogP) is 5.01. The van der Waals surface area contributed by atoms with E-state index in [9.17, 15) is 4.39 Å². The lowest BCUT2D eigenvalue weighted by Crippen LogP contribution is -2.08. The molecular weight excluding hydrogens is 383 g/mol. The second-order valence-corrected chi connectivity index (χ2v) is 6.81. The van der Waals surface area contributed by atoms with E-state index in [2.05, 4.69) is 15.2 Å². The van der Waals surface area contributed by atoms with Gasteiger partial charge in [-0.15, -0.1) is 0 Å². The number of rotatable bonds is 6. The molecule has 0 bridgehead atoms. The number of aromatic amines is 1. The molecule has 3 N–H and O–H groups in total. The van der Waals surface area contributed by atoms with Gasteiger partial charge >= 0.3 is 0 Å². The number of anilines is 1. The number of hydrogen-bond donors (Lipinski definition) is 2. The fourth-order valence-corrected chi connectivity index (χ4v) is 3.27. The van der Waals surface area contributed by atoms with E-state index in [4.69, 9.17) is 15.2 Å². The van der Waals surface area contributed by atoms with E-state index in [-0.39, 0.29) is 11.6 Å². The second kappa shape index (κ2) is 8.24. The summed E-state index contributed by atoms with van der Waals surface area (Å²) >= 11 is 0. The molecular formula is C23H21FN4O2. The molecule has 0 aliphatic heterocycles. The Morgan fingerprint density at radius 3 is 2.50 bits per heavy atom. The van der Waals surface area contributed by atoms with Crippen molar-refractivity contribution in [3.8, 4) is 33.8 Å². The molecule has 1 atom stereocenters. The van der Waals surface area contributed by atoms with Crippen LogP contribution in [-0.2, 0) is 0 Å². The molecule has 0 unspecified atom stereocenters. The van der Waals surface area contributed by atoms with Gasteiger partial charge in [0.15, 0.2) is 11.6 Å². The Labute approximate surface area is 173 Å². The molecule has 152 valence electrons. The second-order valence-electron chi connectivity index (χ2n) is 6.81. The smallest absolute Gasteiger partial charge is 0.166 e. The van der Waals surface area contributed by atoms with Crippen molar-refractivity contribution in [3.05, 3.63) is 78.5 Å². The minimum absolute atomic E-state index is 0.280. The fraction of sp³-hybridized carbons (Fsp3) is 0.130. The normalized spacial score (nSPS) is 11.8. The number of benzene rings is 2. The van der Waals surface area contributed by atoms with Crippen molar-refractivity contribution in [3.63, 3.8) is 0 Å². The summed E-state index contributed by atoms with van der Waals surface area (Å²) in [6, 6.07) is 13.9. The summed E-state index contributed by atoms with van der Waals surface area (Å²) in [6.07, 6.45) is 4.73. The first-order chi connectivity index (χ1) is 14.5. The van der Waals surface area contributed by atoms with Gasteiger partial charge in [0.05, 0.1) is 13.3 Å². The molecule has 2 aromatic carbocycles. The van der Waals surface area contributed by atoms with Crippen molar-refractivity contribution in [1.29, 1.82) is 0 Å². The molecule has 2 aromatic heterocycles. The number of methoxy groups -OCH3 is 1. The maximum absolute atomic E-state index is 14.0. The summed E-state index contributed by atoms with van der Waals surface area (Å²) in [5, 5.41) is 6.73. The van der Waals surface area contributed by atoms with E-state index in [0.29, 0.717) is 5.75 Å². The van der Waals surface area contributed by atoms with Gasteiger partial charge in [-0.3, -0.25) is 5.10 Å². The third kappa shape index (κ3) is 3.96. The maximum Gasteiger partial charge on any atom is 0.166 e. The van der Waals surface area contributed by atoms with Crippen molar-refractivity contribution in [2.75, 3.05) is 12.8 Å². The van der Waals surface area contributed by atoms with Gasteiger partial charge in [-0.2, -0.15) is 5.10 Å². The van der Waals surface area contributed by atoms with E-state index in [1.807, 2.05) is 37.3 Å². The lowest BCUT2D eigenvalue weighted by atomic mass is 9.96. The summed E-state index contributed by atoms with van der Waals surface area (Å²) in [7, 11) is 1.61. The SMILES string of the molecule is COc1ccc(-c2cc(F)ccc2[C@@H](C)Oc2cc(-c3cn[nH]c3)cnc2N)cc1. The lowest BCUT2D eigenvalue weighted by Gasteiger charge is -2.20. The summed E-state index contributed by atoms with van der Waals surface area (Å²) in [6.45, 7) is 1.89. The average Bonchev–Trinajstić information content (AvgIpc) is 3.30. The highest BCUT2D eigenvalue weighted by Crippen LogP contribution is 2.35. The highest BCUT2D eigenvalue weighted by atomic mass is 19.1. The van der Waals surface area contributed by atoms with Gasteiger partial charge in [0.2, 0.25) is 0 Å². The molecule has 4 rings (SSSR count). The van der Waals surface area contributed by atoms with Crippen LogP contribution < -0.4 is 15.2 Å². The van der Waals surface area contributed by atoms with Crippen LogP contribution in [0.1, 0.15) is 18.6 Å². The van der Waals surface area contributed by atoms with Crippen LogP contribution in [0.15, 0.2) is 67.1 Å². The van der Waals surface area contributed by atoms with Crippen LogP contribution in [0, 0.1) is 5.82 Å². The summed E-state index contributed by atoms with van der Waals surface area (Å²) in [5.74, 6) is 1.14. The highest BCUT2D eigenvalue weighted by molar-refractivity contribution is 5.69. The van der Waals surface area contributed by atoms with Gasteiger partial charge in [0.25, 0.3) is 0 Å². The molecule has 0 fully saturated rings. The first kappa shape index (κ1) is 19.4. The topological polar surface area (TPSA) is 86.0 Å². The van der Waals surface area contributed by atoms with E-state index in [1.165, 1.54) is 12.1 Å². The molecule has 0 spiro atoms. The fourth-order valence-electron chi connectivity index (χ4n) is 3.27. The van der Waals surface area contributed by atoms with E-state index in [1.54, 1.807) is 31.8 Å². The molecule has 2 heterocycles. The Morgan fingerprint density at radius 1 is 1.00 bits per heavy atom. The molecule has 0 amide bonds. The molecule has 7 heteroatoms. The third-order valence-corrected chi connectivity index (χ3v) is 4.87. The molecule has 4 aromatic rings. The van der Waals surface area contributed by atoms with Gasteiger partial charge in [0.1, 0.15) is 17.7 Å². The molecule has 0 radical (unpaired) electrons.